The van der Waals surface area contributed by atoms with Crippen molar-refractivity contribution in [2.24, 2.45) is 5.41 Å². The summed E-state index contributed by atoms with van der Waals surface area (Å²) < 4.78 is 88.4. The van der Waals surface area contributed by atoms with E-state index in [1.54, 1.807) is 0 Å². The monoisotopic (exact) mass is 720 g/mol. The third kappa shape index (κ3) is 7.35. The molecule has 17 heteroatoms. The number of nitrogens with zero attached hydrogens (tertiary/aromatic N) is 4. The fourth-order valence-electron chi connectivity index (χ4n) is 7.53. The van der Waals surface area contributed by atoms with Crippen molar-refractivity contribution >= 4 is 17.7 Å². The molecule has 1 aromatic heterocycles. The Labute approximate surface area is 284 Å². The van der Waals surface area contributed by atoms with Gasteiger partial charge >= 0.3 is 0 Å². The number of ether oxygens (including phenoxy) is 3. The van der Waals surface area contributed by atoms with Crippen molar-refractivity contribution in [2.45, 2.75) is 97.9 Å². The van der Waals surface area contributed by atoms with Gasteiger partial charge in [0.05, 0.1) is 18.4 Å². The topological polar surface area (TPSA) is 139 Å². The van der Waals surface area contributed by atoms with Crippen LogP contribution in [-0.4, -0.2) is 122 Å². The quantitative estimate of drug-likeness (QED) is 0.275. The summed E-state index contributed by atoms with van der Waals surface area (Å²) in [6, 6.07) is 0.372. The first-order chi connectivity index (χ1) is 23.3. The zero-order valence-corrected chi connectivity index (χ0v) is 27.8. The molecule has 1 amide bonds. The number of thioether (sulfide) groups is 1. The molecule has 4 aliphatic rings. The summed E-state index contributed by atoms with van der Waals surface area (Å²) >= 11 is 0.944. The zero-order chi connectivity index (χ0) is 35.1. The number of methoxy groups -OCH3 is 1. The smallest absolute Gasteiger partial charge is 0.251 e. The molecule has 0 radical (unpaired) electrons. The molecule has 6 atom stereocenters. The van der Waals surface area contributed by atoms with Gasteiger partial charge in [-0.15, -0.1) is 16.9 Å². The molecule has 4 heterocycles. The number of amides is 1. The Morgan fingerprint density at radius 1 is 1.06 bits per heavy atom. The van der Waals surface area contributed by atoms with Crippen LogP contribution >= 0.6 is 11.8 Å². The van der Waals surface area contributed by atoms with Gasteiger partial charge in [0.2, 0.25) is 5.91 Å². The average Bonchev–Trinajstić information content (AvgIpc) is 3.57. The number of halogens is 5. The highest BCUT2D eigenvalue weighted by Gasteiger charge is 2.55. The van der Waals surface area contributed by atoms with Gasteiger partial charge in [-0.05, 0) is 56.1 Å². The number of benzene rings is 1. The van der Waals surface area contributed by atoms with Gasteiger partial charge in [-0.2, -0.15) is 0 Å². The highest BCUT2D eigenvalue weighted by molar-refractivity contribution is 8.01. The number of carbonyl (C=O) groups excluding carboxylic acids is 1. The highest BCUT2D eigenvalue weighted by atomic mass is 32.2. The van der Waals surface area contributed by atoms with Crippen LogP contribution in [-0.2, 0) is 19.0 Å². The molecule has 1 aliphatic carbocycles. The van der Waals surface area contributed by atoms with E-state index >= 15 is 0 Å². The lowest BCUT2D eigenvalue weighted by molar-refractivity contribution is -0.186. The van der Waals surface area contributed by atoms with Crippen molar-refractivity contribution in [3.05, 3.63) is 35.8 Å². The predicted molar refractivity (Wildman–Crippen MR) is 165 cm³/mol. The Kier molecular flexibility index (Phi) is 10.6. The fourth-order valence-corrected chi connectivity index (χ4v) is 9.19. The molecule has 3 N–H and O–H groups in total. The summed E-state index contributed by atoms with van der Waals surface area (Å²) in [5.41, 5.74) is -2.84. The van der Waals surface area contributed by atoms with Gasteiger partial charge in [-0.25, -0.2) is 26.6 Å². The normalized spacial score (nSPS) is 30.3. The van der Waals surface area contributed by atoms with Crippen LogP contribution in [0, 0.1) is 22.9 Å². The minimum atomic E-state index is -2.90. The first-order valence-electron chi connectivity index (χ1n) is 16.4. The van der Waals surface area contributed by atoms with Crippen molar-refractivity contribution in [3.63, 3.8) is 0 Å². The summed E-state index contributed by atoms with van der Waals surface area (Å²) in [5.74, 6) is -7.93. The number of rotatable bonds is 8. The summed E-state index contributed by atoms with van der Waals surface area (Å²) in [5, 5.41) is 40.6. The minimum absolute atomic E-state index is 0.0231. The third-order valence-electron chi connectivity index (χ3n) is 10.7. The second-order valence-electron chi connectivity index (χ2n) is 13.7. The van der Waals surface area contributed by atoms with Crippen LogP contribution in [0.25, 0.3) is 11.3 Å². The zero-order valence-electron chi connectivity index (χ0n) is 27.0. The number of hydrogen-bond acceptors (Lipinski definition) is 10. The van der Waals surface area contributed by atoms with Crippen molar-refractivity contribution < 1.29 is 56.3 Å². The molecule has 2 aromatic rings. The molecule has 0 bridgehead atoms. The van der Waals surface area contributed by atoms with Crippen LogP contribution in [0.4, 0.5) is 22.0 Å². The SMILES string of the molecule is CO[C@@H]1[C@@H](n2cc(-c3cc(F)c(F)c(F)c3)nn2)[C@@H](O)[C@@H](CO)O[C@H]1S[C@@H](C(=O)N1CCC(F)(F)CC1)C1(O)CCC2(CCOCC2)CC1. The molecular weight excluding hydrogens is 679 g/mol. The average molecular weight is 721 g/mol. The van der Waals surface area contributed by atoms with E-state index in [4.69, 9.17) is 14.2 Å². The lowest BCUT2D eigenvalue weighted by Gasteiger charge is -2.50. The molecule has 3 aliphatic heterocycles. The largest absolute Gasteiger partial charge is 0.394 e. The van der Waals surface area contributed by atoms with Crippen molar-refractivity contribution in [1.29, 1.82) is 0 Å². The highest BCUT2D eigenvalue weighted by Crippen LogP contribution is 2.51. The number of aromatic nitrogens is 3. The maximum absolute atomic E-state index is 14.2. The van der Waals surface area contributed by atoms with E-state index in [1.807, 2.05) is 0 Å². The lowest BCUT2D eigenvalue weighted by Crippen LogP contribution is -2.59. The van der Waals surface area contributed by atoms with Crippen molar-refractivity contribution in [3.8, 4) is 11.3 Å². The number of alkyl halides is 2. The van der Waals surface area contributed by atoms with E-state index in [2.05, 4.69) is 10.3 Å². The van der Waals surface area contributed by atoms with Crippen LogP contribution in [0.15, 0.2) is 18.3 Å². The second kappa shape index (κ2) is 14.3. The number of piperidine rings is 1. The molecule has 6 rings (SSSR count). The summed E-state index contributed by atoms with van der Waals surface area (Å²) in [6.07, 6.45) is -0.000222. The van der Waals surface area contributed by atoms with Gasteiger partial charge in [0.25, 0.3) is 5.92 Å². The van der Waals surface area contributed by atoms with Crippen molar-refractivity contribution in [2.75, 3.05) is 40.0 Å². The number of aliphatic hydroxyl groups is 3. The molecule has 0 unspecified atom stereocenters. The van der Waals surface area contributed by atoms with E-state index in [9.17, 15) is 42.1 Å². The van der Waals surface area contributed by atoms with Gasteiger partial charge < -0.3 is 34.4 Å². The summed E-state index contributed by atoms with van der Waals surface area (Å²) in [7, 11) is 1.33. The molecule has 11 nitrogen and oxygen atoms in total. The molecule has 3 saturated heterocycles. The van der Waals surface area contributed by atoms with Crippen LogP contribution in [0.3, 0.4) is 0 Å². The molecule has 272 valence electrons. The van der Waals surface area contributed by atoms with Crippen LogP contribution in [0.1, 0.15) is 57.4 Å². The van der Waals surface area contributed by atoms with Crippen LogP contribution < -0.4 is 0 Å². The van der Waals surface area contributed by atoms with Crippen LogP contribution in [0.2, 0.25) is 0 Å². The molecular formula is C32H41F5N4O7S. The van der Waals surface area contributed by atoms with Gasteiger partial charge in [0.1, 0.15) is 40.7 Å². The van der Waals surface area contributed by atoms with E-state index in [0.29, 0.717) is 26.1 Å². The maximum Gasteiger partial charge on any atom is 0.251 e. The number of aliphatic hydroxyl groups excluding tert-OH is 2. The molecule has 4 fully saturated rings. The Bertz CT molecular complexity index is 1450. The van der Waals surface area contributed by atoms with Crippen LogP contribution in [0.5, 0.6) is 0 Å². The van der Waals surface area contributed by atoms with E-state index < -0.39 is 89.4 Å². The Morgan fingerprint density at radius 2 is 1.69 bits per heavy atom. The molecule has 1 saturated carbocycles. The van der Waals surface area contributed by atoms with E-state index in [1.165, 1.54) is 22.9 Å². The van der Waals surface area contributed by atoms with Crippen molar-refractivity contribution in [1.82, 2.24) is 19.9 Å². The van der Waals surface area contributed by atoms with Gasteiger partial charge in [0.15, 0.2) is 17.5 Å². The first kappa shape index (κ1) is 36.4. The molecule has 49 heavy (non-hydrogen) atoms. The molecule has 1 aromatic carbocycles. The Balaban J connectivity index is 1.30. The third-order valence-corrected chi connectivity index (χ3v) is 12.3. The number of hydrogen-bond donors (Lipinski definition) is 3. The maximum atomic E-state index is 14.2. The van der Waals surface area contributed by atoms with Gasteiger partial charge in [0, 0.05) is 51.8 Å². The number of likely N-dealkylation sites (tertiary alicyclic amines) is 1. The van der Waals surface area contributed by atoms with Gasteiger partial charge in [-0.3, -0.25) is 4.79 Å². The predicted octanol–water partition coefficient (Wildman–Crippen LogP) is 3.46. The Hall–Kier alpha value is -2.41. The number of carbonyl (C=O) groups is 1. The van der Waals surface area contributed by atoms with E-state index in [0.717, 1.165) is 36.7 Å². The lowest BCUT2D eigenvalue weighted by atomic mass is 9.64. The summed E-state index contributed by atoms with van der Waals surface area (Å²) in [4.78, 5) is 15.6. The second-order valence-corrected chi connectivity index (χ2v) is 14.9. The first-order valence-corrected chi connectivity index (χ1v) is 17.4. The van der Waals surface area contributed by atoms with E-state index in [-0.39, 0.29) is 42.6 Å². The Morgan fingerprint density at radius 3 is 2.29 bits per heavy atom. The molecule has 1 spiro atoms. The minimum Gasteiger partial charge on any atom is -0.394 e. The fraction of sp³-hybridized carbons (Fsp3) is 0.719. The summed E-state index contributed by atoms with van der Waals surface area (Å²) in [6.45, 7) is 0.198. The van der Waals surface area contributed by atoms with Gasteiger partial charge in [-0.1, -0.05) is 5.21 Å². The standard InChI is InChI=1S/C32H41F5N4O7S/c1-46-26-24(41-16-21(38-39-41)18-14-19(33)23(35)20(34)15-18)25(43)22(17-42)48-29(26)49-27(28(44)40-10-6-32(36,37)7-11-40)31(45)4-2-30(3-5-31)8-12-47-13-9-30/h14-16,22,24-27,29,42-43,45H,2-13,17H2,1H3/t22-,24+,25+,26-,27+,29+/m1/s1.